The van der Waals surface area contributed by atoms with Gasteiger partial charge >= 0.3 is 5.97 Å². The lowest BCUT2D eigenvalue weighted by atomic mass is 10.1. The molecule has 1 N–H and O–H groups in total. The van der Waals surface area contributed by atoms with Crippen molar-refractivity contribution in [2.75, 3.05) is 19.2 Å². The van der Waals surface area contributed by atoms with Crippen LogP contribution in [0.3, 0.4) is 0 Å². The quantitative estimate of drug-likeness (QED) is 0.653. The predicted octanol–water partition coefficient (Wildman–Crippen LogP) is 1.51. The lowest BCUT2D eigenvalue weighted by molar-refractivity contribution is -0.141. The largest absolute Gasteiger partial charge is 0.469 e. The van der Waals surface area contributed by atoms with Gasteiger partial charge in [0.15, 0.2) is 17.3 Å². The summed E-state index contributed by atoms with van der Waals surface area (Å²) in [6, 6.07) is 3.07. The number of methoxy groups -OCH3 is 1. The molecule has 2 rings (SSSR count). The van der Waals surface area contributed by atoms with E-state index in [0.717, 1.165) is 0 Å². The van der Waals surface area contributed by atoms with E-state index in [0.29, 0.717) is 22.7 Å². The lowest BCUT2D eigenvalue weighted by Gasteiger charge is -2.10. The minimum Gasteiger partial charge on any atom is -0.469 e. The van der Waals surface area contributed by atoms with Crippen LogP contribution >= 0.6 is 0 Å². The zero-order valence-corrected chi connectivity index (χ0v) is 11.7. The standard InChI is InChI=1S/C14H15NO6/c1-8(16)9-5-11-12(21-7-20-11)6-10(9)15-13(17)3-4-14(18)19-2/h5-6H,3-4,7H2,1-2H3,(H,15,17). The first-order valence-electron chi connectivity index (χ1n) is 6.32. The van der Waals surface area contributed by atoms with Gasteiger partial charge in [0.05, 0.1) is 19.2 Å². The molecule has 1 amide bonds. The Bertz CT molecular complexity index is 595. The van der Waals surface area contributed by atoms with Crippen LogP contribution in [0.15, 0.2) is 12.1 Å². The second kappa shape index (κ2) is 6.25. The minimum absolute atomic E-state index is 0.0255. The Morgan fingerprint density at radius 3 is 2.48 bits per heavy atom. The molecule has 0 radical (unpaired) electrons. The molecule has 0 unspecified atom stereocenters. The van der Waals surface area contributed by atoms with Crippen molar-refractivity contribution in [3.05, 3.63) is 17.7 Å². The fourth-order valence-electron chi connectivity index (χ4n) is 1.87. The highest BCUT2D eigenvalue weighted by molar-refractivity contribution is 6.04. The molecule has 0 aromatic heterocycles. The number of carbonyl (C=O) groups excluding carboxylic acids is 3. The van der Waals surface area contributed by atoms with Gasteiger partial charge in [0, 0.05) is 18.1 Å². The molecule has 1 aliphatic heterocycles. The third kappa shape index (κ3) is 3.50. The third-order valence-electron chi connectivity index (χ3n) is 2.95. The van der Waals surface area contributed by atoms with E-state index < -0.39 is 5.97 Å². The number of rotatable bonds is 5. The van der Waals surface area contributed by atoms with Crippen molar-refractivity contribution in [2.45, 2.75) is 19.8 Å². The molecule has 0 fully saturated rings. The topological polar surface area (TPSA) is 90.9 Å². The fraction of sp³-hybridized carbons (Fsp3) is 0.357. The van der Waals surface area contributed by atoms with Gasteiger partial charge in [-0.3, -0.25) is 14.4 Å². The van der Waals surface area contributed by atoms with Crippen molar-refractivity contribution in [1.82, 2.24) is 0 Å². The average Bonchev–Trinajstić information content (AvgIpc) is 2.90. The number of benzene rings is 1. The van der Waals surface area contributed by atoms with E-state index in [2.05, 4.69) is 10.1 Å². The number of fused-ring (bicyclic) bond motifs is 1. The van der Waals surface area contributed by atoms with Crippen LogP contribution in [0, 0.1) is 0 Å². The van der Waals surface area contributed by atoms with Crippen molar-refractivity contribution in [1.29, 1.82) is 0 Å². The summed E-state index contributed by atoms with van der Waals surface area (Å²) in [6.45, 7) is 1.47. The number of nitrogens with one attached hydrogen (secondary N) is 1. The van der Waals surface area contributed by atoms with Gasteiger partial charge in [-0.2, -0.15) is 0 Å². The van der Waals surface area contributed by atoms with Crippen molar-refractivity contribution in [3.63, 3.8) is 0 Å². The monoisotopic (exact) mass is 293 g/mol. The molecule has 1 aromatic rings. The van der Waals surface area contributed by atoms with Crippen molar-refractivity contribution < 1.29 is 28.6 Å². The van der Waals surface area contributed by atoms with E-state index in [-0.39, 0.29) is 31.3 Å². The van der Waals surface area contributed by atoms with Crippen LogP contribution in [0.2, 0.25) is 0 Å². The first-order valence-corrected chi connectivity index (χ1v) is 6.32. The van der Waals surface area contributed by atoms with E-state index in [1.807, 2.05) is 0 Å². The maximum absolute atomic E-state index is 11.8. The van der Waals surface area contributed by atoms with E-state index in [1.165, 1.54) is 26.2 Å². The molecule has 0 spiro atoms. The number of ether oxygens (including phenoxy) is 3. The number of amides is 1. The summed E-state index contributed by atoms with van der Waals surface area (Å²) in [5.41, 5.74) is 0.660. The van der Waals surface area contributed by atoms with Crippen molar-refractivity contribution >= 4 is 23.3 Å². The van der Waals surface area contributed by atoms with Gasteiger partial charge in [-0.25, -0.2) is 0 Å². The molecule has 1 heterocycles. The number of anilines is 1. The van der Waals surface area contributed by atoms with Gasteiger partial charge in [0.1, 0.15) is 0 Å². The molecule has 0 atom stereocenters. The maximum atomic E-state index is 11.8. The molecule has 0 saturated heterocycles. The van der Waals surface area contributed by atoms with Gasteiger partial charge in [-0.1, -0.05) is 0 Å². The van der Waals surface area contributed by atoms with Crippen LogP contribution in [-0.4, -0.2) is 31.6 Å². The normalized spacial score (nSPS) is 11.9. The van der Waals surface area contributed by atoms with E-state index in [1.54, 1.807) is 0 Å². The van der Waals surface area contributed by atoms with E-state index in [9.17, 15) is 14.4 Å². The smallest absolute Gasteiger partial charge is 0.306 e. The number of hydrogen-bond acceptors (Lipinski definition) is 6. The SMILES string of the molecule is COC(=O)CCC(=O)Nc1cc2c(cc1C(C)=O)OCO2. The summed E-state index contributed by atoms with van der Waals surface area (Å²) < 4.78 is 14.9. The minimum atomic E-state index is -0.470. The number of carbonyl (C=O) groups is 3. The summed E-state index contributed by atoms with van der Waals surface area (Å²) in [5, 5.41) is 2.60. The molecule has 0 aliphatic carbocycles. The second-order valence-electron chi connectivity index (χ2n) is 4.43. The summed E-state index contributed by atoms with van der Waals surface area (Å²) in [7, 11) is 1.26. The molecule has 0 bridgehead atoms. The van der Waals surface area contributed by atoms with Crippen molar-refractivity contribution in [3.8, 4) is 11.5 Å². The number of esters is 1. The second-order valence-corrected chi connectivity index (χ2v) is 4.43. The molecule has 7 heteroatoms. The first kappa shape index (κ1) is 14.8. The molecular weight excluding hydrogens is 278 g/mol. The summed E-state index contributed by atoms with van der Waals surface area (Å²) in [4.78, 5) is 34.4. The molecular formula is C14H15NO6. The number of hydrogen-bond donors (Lipinski definition) is 1. The predicted molar refractivity (Wildman–Crippen MR) is 72.4 cm³/mol. The average molecular weight is 293 g/mol. The number of Topliss-reactive ketones (excluding diaryl/α,β-unsaturated/α-hetero) is 1. The first-order chi connectivity index (χ1) is 10.0. The van der Waals surface area contributed by atoms with Crippen LogP contribution < -0.4 is 14.8 Å². The molecule has 0 saturated carbocycles. The Balaban J connectivity index is 2.13. The molecule has 1 aliphatic rings. The highest BCUT2D eigenvalue weighted by Gasteiger charge is 2.20. The fourth-order valence-corrected chi connectivity index (χ4v) is 1.87. The lowest BCUT2D eigenvalue weighted by Crippen LogP contribution is -2.15. The highest BCUT2D eigenvalue weighted by Crippen LogP contribution is 2.37. The van der Waals surface area contributed by atoms with Crippen molar-refractivity contribution in [2.24, 2.45) is 0 Å². The summed E-state index contributed by atoms with van der Waals surface area (Å²) in [6.07, 6.45) is -0.0548. The Kier molecular flexibility index (Phi) is 4.42. The Morgan fingerprint density at radius 1 is 1.19 bits per heavy atom. The highest BCUT2D eigenvalue weighted by atomic mass is 16.7. The summed E-state index contributed by atoms with van der Waals surface area (Å²) >= 11 is 0. The zero-order valence-electron chi connectivity index (χ0n) is 11.7. The van der Waals surface area contributed by atoms with Crippen LogP contribution in [0.5, 0.6) is 11.5 Å². The van der Waals surface area contributed by atoms with Gasteiger partial charge in [0.2, 0.25) is 12.7 Å². The van der Waals surface area contributed by atoms with E-state index in [4.69, 9.17) is 9.47 Å². The van der Waals surface area contributed by atoms with Gasteiger partial charge in [0.25, 0.3) is 0 Å². The third-order valence-corrected chi connectivity index (χ3v) is 2.95. The number of ketones is 1. The Morgan fingerprint density at radius 2 is 1.86 bits per heavy atom. The Labute approximate surface area is 121 Å². The van der Waals surface area contributed by atoms with Gasteiger partial charge in [-0.05, 0) is 13.0 Å². The van der Waals surface area contributed by atoms with Crippen LogP contribution in [0.25, 0.3) is 0 Å². The molecule has 1 aromatic carbocycles. The van der Waals surface area contributed by atoms with Crippen LogP contribution in [0.4, 0.5) is 5.69 Å². The van der Waals surface area contributed by atoms with Gasteiger partial charge < -0.3 is 19.5 Å². The molecule has 7 nitrogen and oxygen atoms in total. The molecule has 21 heavy (non-hydrogen) atoms. The Hall–Kier alpha value is -2.57. The summed E-state index contributed by atoms with van der Waals surface area (Å²) in [5.74, 6) is -0.142. The maximum Gasteiger partial charge on any atom is 0.306 e. The van der Waals surface area contributed by atoms with Crippen LogP contribution in [0.1, 0.15) is 30.1 Å². The van der Waals surface area contributed by atoms with Gasteiger partial charge in [-0.15, -0.1) is 0 Å². The molecule has 112 valence electrons. The van der Waals surface area contributed by atoms with E-state index >= 15 is 0 Å². The zero-order chi connectivity index (χ0) is 15.4. The van der Waals surface area contributed by atoms with Crippen LogP contribution in [-0.2, 0) is 14.3 Å².